The molecule has 0 amide bonds. The first kappa shape index (κ1) is 19.0. The van der Waals surface area contributed by atoms with Crippen molar-refractivity contribution in [3.05, 3.63) is 53.6 Å². The van der Waals surface area contributed by atoms with Crippen molar-refractivity contribution in [2.24, 2.45) is 10.8 Å². The number of aryl methyl sites for hydroxylation is 2. The molecule has 0 radical (unpaired) electrons. The Labute approximate surface area is 151 Å². The van der Waals surface area contributed by atoms with Gasteiger partial charge in [0.05, 0.1) is 16.3 Å². The number of hydrogen-bond acceptors (Lipinski definition) is 6. The molecule has 0 bridgehead atoms. The van der Waals surface area contributed by atoms with Gasteiger partial charge < -0.3 is 5.73 Å². The van der Waals surface area contributed by atoms with Crippen LogP contribution in [0.2, 0.25) is 0 Å². The number of amidine groups is 1. The Morgan fingerprint density at radius 3 is 2.42 bits per heavy atom. The monoisotopic (exact) mass is 370 g/mol. The highest BCUT2D eigenvalue weighted by Crippen LogP contribution is 2.22. The van der Waals surface area contributed by atoms with Crippen LogP contribution in [-0.4, -0.2) is 20.0 Å². The highest BCUT2D eigenvalue weighted by molar-refractivity contribution is 7.92. The van der Waals surface area contributed by atoms with E-state index in [2.05, 4.69) is 15.2 Å². The van der Waals surface area contributed by atoms with Gasteiger partial charge in [-0.2, -0.15) is 10.4 Å². The highest BCUT2D eigenvalue weighted by Gasteiger charge is 2.15. The second kappa shape index (κ2) is 7.67. The van der Waals surface area contributed by atoms with Gasteiger partial charge >= 0.3 is 0 Å². The number of nitrogens with one attached hydrogen (secondary N) is 3. The summed E-state index contributed by atoms with van der Waals surface area (Å²) in [6, 6.07) is 13.0. The summed E-state index contributed by atoms with van der Waals surface area (Å²) in [7, 11) is -3.74. The average Bonchev–Trinajstić information content (AvgIpc) is 2.58. The molecule has 2 rings (SSSR count). The van der Waals surface area contributed by atoms with Crippen molar-refractivity contribution >= 4 is 32.9 Å². The summed E-state index contributed by atoms with van der Waals surface area (Å²) in [4.78, 5) is 0.0833. The van der Waals surface area contributed by atoms with Gasteiger partial charge in [-0.3, -0.25) is 15.6 Å². The first-order chi connectivity index (χ1) is 12.2. The standard InChI is InChI=1S/C17H18N6O2S/c1-11-3-4-12(2)15(9-11)23-26(24,25)14-7-5-13(6-8-14)21-22-16(10-18)17(19)20/h3-9,21,23H,1-2H3,(H3,19,20)/b22-16+. The zero-order chi connectivity index (χ0) is 19.3. The Morgan fingerprint density at radius 1 is 1.19 bits per heavy atom. The van der Waals surface area contributed by atoms with E-state index in [4.69, 9.17) is 16.4 Å². The van der Waals surface area contributed by atoms with Gasteiger partial charge in [-0.25, -0.2) is 8.42 Å². The highest BCUT2D eigenvalue weighted by atomic mass is 32.2. The summed E-state index contributed by atoms with van der Waals surface area (Å²) in [6.07, 6.45) is 0. The van der Waals surface area contributed by atoms with E-state index in [-0.39, 0.29) is 10.6 Å². The third kappa shape index (κ3) is 4.58. The Balaban J connectivity index is 2.20. The minimum absolute atomic E-state index is 0.0833. The van der Waals surface area contributed by atoms with Gasteiger partial charge in [-0.05, 0) is 55.3 Å². The van der Waals surface area contributed by atoms with Crippen LogP contribution in [0.3, 0.4) is 0 Å². The first-order valence-electron chi connectivity index (χ1n) is 7.51. The van der Waals surface area contributed by atoms with E-state index in [9.17, 15) is 8.42 Å². The molecule has 0 unspecified atom stereocenters. The molecule has 134 valence electrons. The van der Waals surface area contributed by atoms with Crippen molar-refractivity contribution in [3.63, 3.8) is 0 Å². The molecule has 0 saturated carbocycles. The Bertz CT molecular complexity index is 1000. The van der Waals surface area contributed by atoms with Crippen LogP contribution in [0.15, 0.2) is 52.5 Å². The Kier molecular flexibility index (Phi) is 5.59. The average molecular weight is 370 g/mol. The molecule has 2 aromatic carbocycles. The molecule has 0 aliphatic rings. The first-order valence-corrected chi connectivity index (χ1v) is 8.99. The fourth-order valence-corrected chi connectivity index (χ4v) is 3.15. The summed E-state index contributed by atoms with van der Waals surface area (Å²) in [6.45, 7) is 3.71. The second-order valence-corrected chi connectivity index (χ2v) is 7.23. The number of nitriles is 1. The number of anilines is 2. The number of nitrogens with two attached hydrogens (primary N) is 1. The predicted molar refractivity (Wildman–Crippen MR) is 102 cm³/mol. The van der Waals surface area contributed by atoms with E-state index >= 15 is 0 Å². The second-order valence-electron chi connectivity index (χ2n) is 5.55. The van der Waals surface area contributed by atoms with Gasteiger partial charge in [0.1, 0.15) is 6.07 Å². The largest absolute Gasteiger partial charge is 0.382 e. The van der Waals surface area contributed by atoms with Crippen LogP contribution in [0.1, 0.15) is 11.1 Å². The summed E-state index contributed by atoms with van der Waals surface area (Å²) >= 11 is 0. The van der Waals surface area contributed by atoms with Crippen molar-refractivity contribution in [1.82, 2.24) is 0 Å². The molecular weight excluding hydrogens is 352 g/mol. The lowest BCUT2D eigenvalue weighted by Gasteiger charge is -2.12. The molecule has 0 fully saturated rings. The van der Waals surface area contributed by atoms with Crippen LogP contribution in [0.25, 0.3) is 0 Å². The smallest absolute Gasteiger partial charge is 0.261 e. The Hall–Kier alpha value is -3.38. The third-order valence-corrected chi connectivity index (χ3v) is 4.84. The molecule has 8 nitrogen and oxygen atoms in total. The van der Waals surface area contributed by atoms with Crippen LogP contribution in [0.4, 0.5) is 11.4 Å². The van der Waals surface area contributed by atoms with Gasteiger partial charge in [0, 0.05) is 0 Å². The Morgan fingerprint density at radius 2 is 1.85 bits per heavy atom. The minimum Gasteiger partial charge on any atom is -0.382 e. The van der Waals surface area contributed by atoms with Crippen molar-refractivity contribution < 1.29 is 8.42 Å². The lowest BCUT2D eigenvalue weighted by Crippen LogP contribution is -2.21. The fraction of sp³-hybridized carbons (Fsp3) is 0.118. The quantitative estimate of drug-likeness (QED) is 0.350. The summed E-state index contributed by atoms with van der Waals surface area (Å²) in [5.74, 6) is -0.461. The molecule has 0 spiro atoms. The van der Waals surface area contributed by atoms with Crippen molar-refractivity contribution in [1.29, 1.82) is 10.7 Å². The normalized spacial score (nSPS) is 11.5. The van der Waals surface area contributed by atoms with E-state index in [1.54, 1.807) is 12.1 Å². The van der Waals surface area contributed by atoms with E-state index in [0.717, 1.165) is 11.1 Å². The van der Waals surface area contributed by atoms with Gasteiger partial charge in [0.2, 0.25) is 5.71 Å². The SMILES string of the molecule is Cc1ccc(C)c(NS(=O)(=O)c2ccc(N/N=C(\C#N)C(=N)N)cc2)c1. The van der Waals surface area contributed by atoms with Gasteiger partial charge in [0.15, 0.2) is 5.84 Å². The number of nitrogens with zero attached hydrogens (tertiary/aromatic N) is 2. The van der Waals surface area contributed by atoms with Crippen molar-refractivity contribution in [2.45, 2.75) is 18.7 Å². The molecule has 9 heteroatoms. The van der Waals surface area contributed by atoms with Crippen LogP contribution in [0.5, 0.6) is 0 Å². The zero-order valence-electron chi connectivity index (χ0n) is 14.2. The number of hydrazone groups is 1. The van der Waals surface area contributed by atoms with Crippen molar-refractivity contribution in [3.8, 4) is 6.07 Å². The van der Waals surface area contributed by atoms with Crippen LogP contribution in [-0.2, 0) is 10.0 Å². The number of rotatable bonds is 6. The lowest BCUT2D eigenvalue weighted by atomic mass is 10.1. The van der Waals surface area contributed by atoms with Gasteiger partial charge in [0.25, 0.3) is 10.0 Å². The van der Waals surface area contributed by atoms with E-state index in [0.29, 0.717) is 11.4 Å². The van der Waals surface area contributed by atoms with Crippen LogP contribution < -0.4 is 15.9 Å². The molecule has 0 aromatic heterocycles. The predicted octanol–water partition coefficient (Wildman–Crippen LogP) is 2.33. The molecule has 2 aromatic rings. The summed E-state index contributed by atoms with van der Waals surface area (Å²) in [5.41, 5.74) is 10.2. The van der Waals surface area contributed by atoms with Crippen molar-refractivity contribution in [2.75, 3.05) is 10.1 Å². The van der Waals surface area contributed by atoms with E-state index in [1.165, 1.54) is 24.3 Å². The summed E-state index contributed by atoms with van der Waals surface area (Å²) in [5, 5.41) is 19.6. The van der Waals surface area contributed by atoms with Gasteiger partial charge in [-0.15, -0.1) is 0 Å². The maximum absolute atomic E-state index is 12.5. The maximum atomic E-state index is 12.5. The molecule has 0 atom stereocenters. The van der Waals surface area contributed by atoms with Crippen LogP contribution >= 0.6 is 0 Å². The molecule has 26 heavy (non-hydrogen) atoms. The molecule has 5 N–H and O–H groups in total. The minimum atomic E-state index is -3.74. The van der Waals surface area contributed by atoms with E-state index < -0.39 is 15.9 Å². The zero-order valence-corrected chi connectivity index (χ0v) is 15.1. The van der Waals surface area contributed by atoms with Crippen LogP contribution in [0, 0.1) is 30.6 Å². The molecule has 0 saturated heterocycles. The topological polar surface area (TPSA) is 144 Å². The lowest BCUT2D eigenvalue weighted by molar-refractivity contribution is 0.601. The summed E-state index contributed by atoms with van der Waals surface area (Å²) < 4.78 is 27.6. The molecule has 0 aliphatic heterocycles. The van der Waals surface area contributed by atoms with Gasteiger partial charge in [-0.1, -0.05) is 12.1 Å². The maximum Gasteiger partial charge on any atom is 0.261 e. The third-order valence-electron chi connectivity index (χ3n) is 3.46. The number of sulfonamides is 1. The number of benzene rings is 2. The van der Waals surface area contributed by atoms with E-state index in [1.807, 2.05) is 26.0 Å². The molecule has 0 aliphatic carbocycles. The fourth-order valence-electron chi connectivity index (χ4n) is 2.02. The number of hydrogen-bond donors (Lipinski definition) is 4. The molecular formula is C17H18N6O2S. The molecule has 0 heterocycles.